The van der Waals surface area contributed by atoms with E-state index >= 15 is 0 Å². The lowest BCUT2D eigenvalue weighted by molar-refractivity contribution is 0.0525. The Morgan fingerprint density at radius 3 is 2.64 bits per heavy atom. The van der Waals surface area contributed by atoms with Gasteiger partial charge in [0.05, 0.1) is 17.2 Å². The summed E-state index contributed by atoms with van der Waals surface area (Å²) in [5.74, 6) is -0.300. The maximum absolute atomic E-state index is 11.5. The van der Waals surface area contributed by atoms with Crippen LogP contribution in [0.5, 0.6) is 0 Å². The maximum atomic E-state index is 11.5. The lowest BCUT2D eigenvalue weighted by atomic mass is 10.2. The van der Waals surface area contributed by atoms with E-state index < -0.39 is 0 Å². The fourth-order valence-electron chi connectivity index (χ4n) is 0.888. The number of esters is 1. The Morgan fingerprint density at radius 1 is 1.43 bits per heavy atom. The Hall–Kier alpha value is 0.440. The summed E-state index contributed by atoms with van der Waals surface area (Å²) in [6.07, 6.45) is 0. The van der Waals surface area contributed by atoms with Gasteiger partial charge in [0.2, 0.25) is 0 Å². The van der Waals surface area contributed by atoms with Crippen LogP contribution in [0.15, 0.2) is 12.1 Å². The Morgan fingerprint density at radius 2 is 2.07 bits per heavy atom. The summed E-state index contributed by atoms with van der Waals surface area (Å²) in [5.41, 5.74) is 0.571. The first-order valence-electron chi connectivity index (χ1n) is 3.88. The van der Waals surface area contributed by atoms with Gasteiger partial charge in [-0.05, 0) is 64.2 Å². The SMILES string of the molecule is CCOC(=O)c1cc(I)c(Cl)cc1I. The Labute approximate surface area is 115 Å². The highest BCUT2D eigenvalue weighted by atomic mass is 127. The van der Waals surface area contributed by atoms with Gasteiger partial charge in [-0.1, -0.05) is 11.6 Å². The minimum Gasteiger partial charge on any atom is -0.462 e. The third-order valence-corrected chi connectivity index (χ3v) is 3.92. The van der Waals surface area contributed by atoms with Crippen LogP contribution in [0.25, 0.3) is 0 Å². The van der Waals surface area contributed by atoms with Crippen molar-refractivity contribution in [3.05, 3.63) is 29.9 Å². The second-order valence-electron chi connectivity index (χ2n) is 2.47. The predicted octanol–water partition coefficient (Wildman–Crippen LogP) is 3.73. The number of carbonyl (C=O) groups is 1. The zero-order valence-corrected chi connectivity index (χ0v) is 12.4. The van der Waals surface area contributed by atoms with E-state index in [0.717, 1.165) is 7.14 Å². The summed E-state index contributed by atoms with van der Waals surface area (Å²) in [6, 6.07) is 3.50. The lowest BCUT2D eigenvalue weighted by Crippen LogP contribution is -2.07. The van der Waals surface area contributed by atoms with Gasteiger partial charge in [0.25, 0.3) is 0 Å². The normalized spacial score (nSPS) is 10.0. The van der Waals surface area contributed by atoms with Crippen LogP contribution in [0, 0.1) is 7.14 Å². The van der Waals surface area contributed by atoms with Crippen LogP contribution in [0.4, 0.5) is 0 Å². The van der Waals surface area contributed by atoms with Gasteiger partial charge in [0, 0.05) is 7.14 Å². The Kier molecular flexibility index (Phi) is 4.92. The van der Waals surface area contributed by atoms with Crippen LogP contribution >= 0.6 is 56.8 Å². The van der Waals surface area contributed by atoms with Crippen molar-refractivity contribution in [2.24, 2.45) is 0 Å². The average Bonchev–Trinajstić information content (AvgIpc) is 2.11. The second-order valence-corrected chi connectivity index (χ2v) is 5.20. The zero-order chi connectivity index (χ0) is 10.7. The molecule has 0 fully saturated rings. The van der Waals surface area contributed by atoms with Crippen LogP contribution in [-0.2, 0) is 4.74 Å². The van der Waals surface area contributed by atoms with Crippen LogP contribution in [-0.4, -0.2) is 12.6 Å². The molecule has 0 saturated carbocycles. The maximum Gasteiger partial charge on any atom is 0.339 e. The van der Waals surface area contributed by atoms with E-state index in [4.69, 9.17) is 16.3 Å². The number of halogens is 3. The van der Waals surface area contributed by atoms with Gasteiger partial charge in [-0.2, -0.15) is 0 Å². The molecule has 0 aliphatic rings. The van der Waals surface area contributed by atoms with Crippen molar-refractivity contribution in [3.63, 3.8) is 0 Å². The van der Waals surface area contributed by atoms with E-state index in [2.05, 4.69) is 45.2 Å². The van der Waals surface area contributed by atoms with Crippen molar-refractivity contribution in [2.75, 3.05) is 6.61 Å². The molecule has 2 nitrogen and oxygen atoms in total. The van der Waals surface area contributed by atoms with E-state index in [-0.39, 0.29) is 5.97 Å². The quantitative estimate of drug-likeness (QED) is 0.401. The molecule has 0 unspecified atom stereocenters. The summed E-state index contributed by atoms with van der Waals surface area (Å²) in [5, 5.41) is 0.656. The van der Waals surface area contributed by atoms with Gasteiger partial charge in [0.15, 0.2) is 0 Å². The van der Waals surface area contributed by atoms with Crippen molar-refractivity contribution in [3.8, 4) is 0 Å². The summed E-state index contributed by atoms with van der Waals surface area (Å²) in [4.78, 5) is 11.5. The van der Waals surface area contributed by atoms with Crippen molar-refractivity contribution in [2.45, 2.75) is 6.92 Å². The fourth-order valence-corrected chi connectivity index (χ4v) is 2.39. The molecule has 1 aromatic rings. The zero-order valence-electron chi connectivity index (χ0n) is 7.31. The molecular weight excluding hydrogens is 429 g/mol. The molecule has 0 aromatic heterocycles. The second kappa shape index (κ2) is 5.50. The Bertz CT molecular complexity index is 366. The van der Waals surface area contributed by atoms with Crippen molar-refractivity contribution < 1.29 is 9.53 Å². The number of hydrogen-bond donors (Lipinski definition) is 0. The highest BCUT2D eigenvalue weighted by Crippen LogP contribution is 2.24. The predicted molar refractivity (Wildman–Crippen MR) is 72.8 cm³/mol. The largest absolute Gasteiger partial charge is 0.462 e. The van der Waals surface area contributed by atoms with Crippen molar-refractivity contribution >= 4 is 62.8 Å². The molecule has 1 rings (SSSR count). The summed E-state index contributed by atoms with van der Waals surface area (Å²) < 4.78 is 6.58. The molecule has 0 N–H and O–H groups in total. The summed E-state index contributed by atoms with van der Waals surface area (Å²) in [6.45, 7) is 2.17. The standard InChI is InChI=1S/C9H7ClI2O2/c1-2-14-9(13)5-3-8(12)6(10)4-7(5)11/h3-4H,2H2,1H3. The molecule has 0 amide bonds. The van der Waals surface area contributed by atoms with Crippen molar-refractivity contribution in [1.29, 1.82) is 0 Å². The number of ether oxygens (including phenoxy) is 1. The van der Waals surface area contributed by atoms with Gasteiger partial charge < -0.3 is 4.74 Å². The van der Waals surface area contributed by atoms with Gasteiger partial charge in [-0.15, -0.1) is 0 Å². The molecule has 0 heterocycles. The highest BCUT2D eigenvalue weighted by molar-refractivity contribution is 14.1. The van der Waals surface area contributed by atoms with Crippen LogP contribution < -0.4 is 0 Å². The number of hydrogen-bond acceptors (Lipinski definition) is 2. The third kappa shape index (κ3) is 2.96. The van der Waals surface area contributed by atoms with E-state index in [1.165, 1.54) is 0 Å². The van der Waals surface area contributed by atoms with Gasteiger partial charge in [0.1, 0.15) is 0 Å². The average molecular weight is 436 g/mol. The molecule has 5 heteroatoms. The van der Waals surface area contributed by atoms with Crippen molar-refractivity contribution in [1.82, 2.24) is 0 Å². The molecule has 0 spiro atoms. The first kappa shape index (κ1) is 12.5. The number of rotatable bonds is 2. The number of benzene rings is 1. The molecule has 0 radical (unpaired) electrons. The van der Waals surface area contributed by atoms with Crippen LogP contribution in [0.1, 0.15) is 17.3 Å². The molecule has 1 aromatic carbocycles. The fraction of sp³-hybridized carbons (Fsp3) is 0.222. The molecule has 0 aliphatic heterocycles. The molecule has 0 saturated heterocycles. The smallest absolute Gasteiger partial charge is 0.339 e. The molecule has 0 aliphatic carbocycles. The van der Waals surface area contributed by atoms with Gasteiger partial charge in [-0.25, -0.2) is 4.79 Å². The van der Waals surface area contributed by atoms with E-state index in [0.29, 0.717) is 17.2 Å². The van der Waals surface area contributed by atoms with Crippen LogP contribution in [0.2, 0.25) is 5.02 Å². The van der Waals surface area contributed by atoms with Gasteiger partial charge >= 0.3 is 5.97 Å². The topological polar surface area (TPSA) is 26.3 Å². The lowest BCUT2D eigenvalue weighted by Gasteiger charge is -2.05. The van der Waals surface area contributed by atoms with Crippen LogP contribution in [0.3, 0.4) is 0 Å². The summed E-state index contributed by atoms with van der Waals surface area (Å²) >= 11 is 10.1. The molecule has 14 heavy (non-hydrogen) atoms. The van der Waals surface area contributed by atoms with E-state index in [9.17, 15) is 4.79 Å². The minimum atomic E-state index is -0.300. The van der Waals surface area contributed by atoms with E-state index in [1.54, 1.807) is 19.1 Å². The minimum absolute atomic E-state index is 0.300. The monoisotopic (exact) mass is 436 g/mol. The highest BCUT2D eigenvalue weighted by Gasteiger charge is 2.13. The third-order valence-electron chi connectivity index (χ3n) is 1.51. The summed E-state index contributed by atoms with van der Waals surface area (Å²) in [7, 11) is 0. The first-order chi connectivity index (χ1) is 6.56. The number of carbonyl (C=O) groups excluding carboxylic acids is 1. The molecule has 0 atom stereocenters. The molecule has 76 valence electrons. The molecule has 0 bridgehead atoms. The molecular formula is C9H7ClI2O2. The first-order valence-corrected chi connectivity index (χ1v) is 6.41. The van der Waals surface area contributed by atoms with Gasteiger partial charge in [-0.3, -0.25) is 0 Å². The Balaban J connectivity index is 3.09. The van der Waals surface area contributed by atoms with E-state index in [1.807, 2.05) is 0 Å².